The fourth-order valence-corrected chi connectivity index (χ4v) is 5.30. The number of urea groups is 1. The SMILES string of the molecule is CC(C)n1c(=O)n(CC2CC2)c(=O)c2cc(NC(=O)N3CCCC(CC(=O)c4ccccc4)C3)ccc21. The molecule has 1 N–H and O–H groups in total. The van der Waals surface area contributed by atoms with E-state index in [0.717, 1.165) is 25.7 Å². The number of aromatic nitrogens is 2. The number of amides is 2. The Morgan fingerprint density at radius 2 is 1.76 bits per heavy atom. The number of benzene rings is 2. The Kier molecular flexibility index (Phi) is 7.00. The van der Waals surface area contributed by atoms with Gasteiger partial charge in [-0.1, -0.05) is 30.3 Å². The Morgan fingerprint density at radius 3 is 2.46 bits per heavy atom. The van der Waals surface area contributed by atoms with Gasteiger partial charge in [0.05, 0.1) is 10.9 Å². The molecule has 3 aromatic rings. The zero-order valence-corrected chi connectivity index (χ0v) is 21.5. The third-order valence-electron chi connectivity index (χ3n) is 7.45. The summed E-state index contributed by atoms with van der Waals surface area (Å²) >= 11 is 0. The minimum atomic E-state index is -0.308. The van der Waals surface area contributed by atoms with Gasteiger partial charge in [-0.3, -0.25) is 18.7 Å². The van der Waals surface area contributed by atoms with Crippen LogP contribution in [-0.4, -0.2) is 38.9 Å². The standard InChI is InChI=1S/C29H34N4O4/c1-19(2)33-25-13-12-23(16-24(25)27(35)32(29(33)37)18-20-10-11-20)30-28(36)31-14-6-7-21(17-31)15-26(34)22-8-4-3-5-9-22/h3-5,8-9,12-13,16,19-21H,6-7,10-11,14-15,17-18H2,1-2H3,(H,30,36). The van der Waals surface area contributed by atoms with E-state index in [2.05, 4.69) is 5.32 Å². The summed E-state index contributed by atoms with van der Waals surface area (Å²) in [6.45, 7) is 5.43. The average molecular weight is 503 g/mol. The number of hydrogen-bond donors (Lipinski definition) is 1. The molecular weight excluding hydrogens is 468 g/mol. The number of nitrogens with one attached hydrogen (secondary N) is 1. The Hall–Kier alpha value is -3.68. The molecule has 8 heteroatoms. The second kappa shape index (κ2) is 10.4. The first kappa shape index (κ1) is 25.0. The molecule has 0 radical (unpaired) electrons. The maximum absolute atomic E-state index is 13.3. The molecule has 1 saturated heterocycles. The summed E-state index contributed by atoms with van der Waals surface area (Å²) < 4.78 is 3.01. The Bertz CT molecular complexity index is 1440. The Labute approximate surface area is 215 Å². The van der Waals surface area contributed by atoms with Crippen molar-refractivity contribution in [2.45, 2.75) is 58.5 Å². The highest BCUT2D eigenvalue weighted by atomic mass is 16.2. The molecule has 194 valence electrons. The lowest BCUT2D eigenvalue weighted by Gasteiger charge is -2.32. The van der Waals surface area contributed by atoms with Crippen molar-refractivity contribution in [2.75, 3.05) is 18.4 Å². The van der Waals surface area contributed by atoms with E-state index >= 15 is 0 Å². The van der Waals surface area contributed by atoms with Crippen LogP contribution in [0.3, 0.4) is 0 Å². The maximum Gasteiger partial charge on any atom is 0.331 e. The molecule has 2 heterocycles. The van der Waals surface area contributed by atoms with Crippen LogP contribution in [-0.2, 0) is 6.54 Å². The quantitative estimate of drug-likeness (QED) is 0.475. The largest absolute Gasteiger partial charge is 0.331 e. The number of fused-ring (bicyclic) bond motifs is 1. The molecule has 2 aliphatic rings. The second-order valence-electron chi connectivity index (χ2n) is 10.7. The minimum absolute atomic E-state index is 0.0982. The van der Waals surface area contributed by atoms with E-state index in [-0.39, 0.29) is 35.0 Å². The zero-order valence-electron chi connectivity index (χ0n) is 21.5. The predicted octanol–water partition coefficient (Wildman–Crippen LogP) is 4.67. The van der Waals surface area contributed by atoms with E-state index in [1.165, 1.54) is 4.57 Å². The highest BCUT2D eigenvalue weighted by Crippen LogP contribution is 2.30. The number of nitrogens with zero attached hydrogens (tertiary/aromatic N) is 3. The molecule has 1 atom stereocenters. The van der Waals surface area contributed by atoms with Gasteiger partial charge in [0.25, 0.3) is 5.56 Å². The van der Waals surface area contributed by atoms with Gasteiger partial charge in [0, 0.05) is 43.3 Å². The lowest BCUT2D eigenvalue weighted by Crippen LogP contribution is -2.43. The van der Waals surface area contributed by atoms with E-state index < -0.39 is 0 Å². The van der Waals surface area contributed by atoms with Gasteiger partial charge < -0.3 is 10.2 Å². The van der Waals surface area contributed by atoms with Crippen LogP contribution in [0.25, 0.3) is 10.9 Å². The predicted molar refractivity (Wildman–Crippen MR) is 144 cm³/mol. The van der Waals surface area contributed by atoms with Gasteiger partial charge in [-0.2, -0.15) is 0 Å². The van der Waals surface area contributed by atoms with Gasteiger partial charge in [0.15, 0.2) is 5.78 Å². The van der Waals surface area contributed by atoms with Crippen molar-refractivity contribution in [3.05, 3.63) is 74.9 Å². The van der Waals surface area contributed by atoms with E-state index in [9.17, 15) is 19.2 Å². The molecule has 2 fully saturated rings. The molecular formula is C29H34N4O4. The van der Waals surface area contributed by atoms with Gasteiger partial charge in [-0.25, -0.2) is 9.59 Å². The molecule has 2 amide bonds. The fourth-order valence-electron chi connectivity index (χ4n) is 5.30. The van der Waals surface area contributed by atoms with Crippen LogP contribution in [0.4, 0.5) is 10.5 Å². The Morgan fingerprint density at radius 1 is 1.00 bits per heavy atom. The van der Waals surface area contributed by atoms with Gasteiger partial charge in [0.2, 0.25) is 0 Å². The van der Waals surface area contributed by atoms with Crippen molar-refractivity contribution < 1.29 is 9.59 Å². The van der Waals surface area contributed by atoms with E-state index in [4.69, 9.17) is 0 Å². The molecule has 0 bridgehead atoms. The van der Waals surface area contributed by atoms with Crippen molar-refractivity contribution in [3.8, 4) is 0 Å². The second-order valence-corrected chi connectivity index (χ2v) is 10.7. The van der Waals surface area contributed by atoms with Crippen LogP contribution in [0.1, 0.15) is 62.4 Å². The van der Waals surface area contributed by atoms with Crippen molar-refractivity contribution in [2.24, 2.45) is 11.8 Å². The number of rotatable bonds is 7. The lowest BCUT2D eigenvalue weighted by atomic mass is 9.91. The molecule has 0 spiro atoms. The zero-order chi connectivity index (χ0) is 26.1. The summed E-state index contributed by atoms with van der Waals surface area (Å²) in [6, 6.07) is 14.1. The smallest absolute Gasteiger partial charge is 0.324 e. The third-order valence-corrected chi connectivity index (χ3v) is 7.45. The molecule has 1 saturated carbocycles. The third kappa shape index (κ3) is 5.38. The van der Waals surface area contributed by atoms with Crippen molar-refractivity contribution in [1.29, 1.82) is 0 Å². The number of carbonyl (C=O) groups is 2. The topological polar surface area (TPSA) is 93.4 Å². The highest BCUT2D eigenvalue weighted by Gasteiger charge is 2.27. The van der Waals surface area contributed by atoms with Crippen molar-refractivity contribution >= 4 is 28.4 Å². The summed E-state index contributed by atoms with van der Waals surface area (Å²) in [5.74, 6) is 0.590. The lowest BCUT2D eigenvalue weighted by molar-refractivity contribution is 0.0931. The summed E-state index contributed by atoms with van der Waals surface area (Å²) in [7, 11) is 0. The molecule has 1 aliphatic carbocycles. The van der Waals surface area contributed by atoms with Crippen molar-refractivity contribution in [3.63, 3.8) is 0 Å². The summed E-state index contributed by atoms with van der Waals surface area (Å²) in [5.41, 5.74) is 1.21. The average Bonchev–Trinajstić information content (AvgIpc) is 3.72. The molecule has 1 unspecified atom stereocenters. The Balaban J connectivity index is 1.34. The van der Waals surface area contributed by atoms with Crippen LogP contribution >= 0.6 is 0 Å². The first-order chi connectivity index (χ1) is 17.8. The van der Waals surface area contributed by atoms with Crippen LogP contribution in [0.15, 0.2) is 58.1 Å². The van der Waals surface area contributed by atoms with Gasteiger partial charge in [-0.05, 0) is 69.6 Å². The van der Waals surface area contributed by atoms with E-state index in [1.54, 1.807) is 27.7 Å². The number of anilines is 1. The number of hydrogen-bond acceptors (Lipinski definition) is 4. The number of carbonyl (C=O) groups excluding carboxylic acids is 2. The molecule has 5 rings (SSSR count). The minimum Gasteiger partial charge on any atom is -0.324 e. The molecule has 2 aromatic carbocycles. The van der Waals surface area contributed by atoms with E-state index in [1.807, 2.05) is 44.2 Å². The monoisotopic (exact) mass is 502 g/mol. The van der Waals surface area contributed by atoms with Crippen LogP contribution in [0.2, 0.25) is 0 Å². The summed E-state index contributed by atoms with van der Waals surface area (Å²) in [5, 5.41) is 3.37. The highest BCUT2D eigenvalue weighted by molar-refractivity contribution is 5.96. The molecule has 1 aromatic heterocycles. The van der Waals surface area contributed by atoms with Crippen molar-refractivity contribution in [1.82, 2.24) is 14.0 Å². The maximum atomic E-state index is 13.3. The van der Waals surface area contributed by atoms with Crippen LogP contribution < -0.4 is 16.6 Å². The fraction of sp³-hybridized carbons (Fsp3) is 0.448. The van der Waals surface area contributed by atoms with Crippen LogP contribution in [0, 0.1) is 11.8 Å². The van der Waals surface area contributed by atoms with Gasteiger partial charge in [0.1, 0.15) is 0 Å². The number of likely N-dealkylation sites (tertiary alicyclic amines) is 1. The first-order valence-corrected chi connectivity index (χ1v) is 13.2. The van der Waals surface area contributed by atoms with Gasteiger partial charge >= 0.3 is 11.7 Å². The number of Topliss-reactive ketones (excluding diaryl/α,β-unsaturated/α-hetero) is 1. The first-order valence-electron chi connectivity index (χ1n) is 13.2. The van der Waals surface area contributed by atoms with E-state index in [0.29, 0.717) is 54.1 Å². The number of piperidine rings is 1. The van der Waals surface area contributed by atoms with Crippen LogP contribution in [0.5, 0.6) is 0 Å². The molecule has 37 heavy (non-hydrogen) atoms. The number of ketones is 1. The molecule has 8 nitrogen and oxygen atoms in total. The summed E-state index contributed by atoms with van der Waals surface area (Å²) in [4.78, 5) is 53.9. The van der Waals surface area contributed by atoms with Gasteiger partial charge in [-0.15, -0.1) is 0 Å². The summed E-state index contributed by atoms with van der Waals surface area (Å²) in [6.07, 6.45) is 4.23. The normalized spacial score (nSPS) is 17.8. The molecule has 1 aliphatic heterocycles.